The number of halogens is 6. The van der Waals surface area contributed by atoms with Gasteiger partial charge in [0, 0.05) is 52.9 Å². The van der Waals surface area contributed by atoms with Gasteiger partial charge in [0.1, 0.15) is 41.6 Å². The first-order valence-electron chi connectivity index (χ1n) is 21.1. The Hall–Kier alpha value is -7.00. The number of aromatic nitrogens is 1. The highest BCUT2D eigenvalue weighted by Gasteiger charge is 2.53. The van der Waals surface area contributed by atoms with Crippen molar-refractivity contribution in [2.45, 2.75) is 82.8 Å². The number of ether oxygens (including phenoxy) is 3. The van der Waals surface area contributed by atoms with Crippen LogP contribution in [0.15, 0.2) is 60.7 Å². The van der Waals surface area contributed by atoms with Gasteiger partial charge in [0.25, 0.3) is 11.8 Å². The van der Waals surface area contributed by atoms with Crippen molar-refractivity contribution in [3.63, 3.8) is 0 Å². The van der Waals surface area contributed by atoms with Gasteiger partial charge in [-0.2, -0.15) is 0 Å². The molecule has 0 saturated carbocycles. The minimum absolute atomic E-state index is 0.0182. The van der Waals surface area contributed by atoms with Crippen LogP contribution in [0.2, 0.25) is 0 Å². The molecule has 0 aliphatic carbocycles. The fraction of sp³-hybridized carbons (Fsp3) is 0.422. The fourth-order valence-electron chi connectivity index (χ4n) is 8.56. The van der Waals surface area contributed by atoms with Gasteiger partial charge in [-0.05, 0) is 60.4 Å². The third kappa shape index (κ3) is 9.92. The average molecular weight is 944 g/mol. The van der Waals surface area contributed by atoms with Crippen LogP contribution < -0.4 is 26.0 Å². The number of amides is 6. The van der Waals surface area contributed by atoms with E-state index in [4.69, 9.17) is 4.74 Å². The maximum absolute atomic E-state index is 14.9. The van der Waals surface area contributed by atoms with E-state index in [2.05, 4.69) is 30.7 Å². The van der Waals surface area contributed by atoms with Crippen LogP contribution >= 0.6 is 0 Å². The number of benzene rings is 3. The molecule has 5 atom stereocenters. The standard InChI is InChI=1S/C45H47F6N7O9/c1-21(2)35(54-42(63)65-5)39(61)56-19-44(48,49)17-32(56)37(59)52-27-8-10-30-23(13-27)14-31-29-9-7-28(16-34(29)67-41(58(30)31)24-11-25(46)15-26(47)12-24)53-38(60)33-18-45(50,51)20-57(33)40(62)36(22(3)4)55-43(64)66-6/h7-16,21-22,32-33,35-36,41H,17-20H2,1-6H3,(H,52,59)(H,53,60)(H,54,63)(H,55,64)/t32-,33-,35-,36-,41?/m0/s1. The van der Waals surface area contributed by atoms with Gasteiger partial charge >= 0.3 is 12.2 Å². The molecule has 3 aliphatic heterocycles. The van der Waals surface area contributed by atoms with Crippen LogP contribution in [0.1, 0.15) is 52.3 Å². The van der Waals surface area contributed by atoms with Crippen molar-refractivity contribution in [2.24, 2.45) is 11.8 Å². The van der Waals surface area contributed by atoms with Crippen LogP contribution in [0.5, 0.6) is 5.75 Å². The van der Waals surface area contributed by atoms with Crippen LogP contribution in [0.25, 0.3) is 22.2 Å². The number of carbonyl (C=O) groups excluding carboxylic acids is 6. The number of rotatable bonds is 11. The topological polar surface area (TPSA) is 190 Å². The Morgan fingerprint density at radius 2 is 1.15 bits per heavy atom. The Morgan fingerprint density at radius 1 is 0.672 bits per heavy atom. The van der Waals surface area contributed by atoms with Gasteiger partial charge in [-0.1, -0.05) is 27.7 Å². The van der Waals surface area contributed by atoms with E-state index in [1.54, 1.807) is 44.4 Å². The quantitative estimate of drug-likeness (QED) is 0.120. The molecule has 2 fully saturated rings. The van der Waals surface area contributed by atoms with Gasteiger partial charge in [0.2, 0.25) is 29.9 Å². The first-order valence-corrected chi connectivity index (χ1v) is 21.1. The maximum atomic E-state index is 14.9. The van der Waals surface area contributed by atoms with Crippen LogP contribution in [0.3, 0.4) is 0 Å². The Morgan fingerprint density at radius 3 is 1.63 bits per heavy atom. The summed E-state index contributed by atoms with van der Waals surface area (Å²) in [7, 11) is 2.15. The number of anilines is 2. The number of hydrogen-bond acceptors (Lipinski definition) is 9. The smallest absolute Gasteiger partial charge is 0.407 e. The van der Waals surface area contributed by atoms with Gasteiger partial charge < -0.3 is 49.8 Å². The molecule has 67 heavy (non-hydrogen) atoms. The summed E-state index contributed by atoms with van der Waals surface area (Å²) in [5.74, 6) is -13.5. The SMILES string of the molecule is COC(=O)N[C@H](C(=O)N1CC(F)(F)C[C@H]1C(=O)Nc1ccc2c(c1)OC(c1cc(F)cc(F)c1)n1c-2cc2cc(NC(=O)[C@@H]3CC(F)(F)CN3C(=O)[C@@H](NC(=O)OC)C(C)C)ccc21)C(C)C. The Kier molecular flexibility index (Phi) is 13.1. The lowest BCUT2D eigenvalue weighted by Gasteiger charge is -2.31. The van der Waals surface area contributed by atoms with Crippen molar-refractivity contribution in [1.82, 2.24) is 25.0 Å². The summed E-state index contributed by atoms with van der Waals surface area (Å²) in [5, 5.41) is 10.3. The van der Waals surface area contributed by atoms with Crippen molar-refractivity contribution >= 4 is 58.1 Å². The number of likely N-dealkylation sites (tertiary alicyclic amines) is 2. The van der Waals surface area contributed by atoms with Crippen molar-refractivity contribution in [3.8, 4) is 17.0 Å². The highest BCUT2D eigenvalue weighted by Crippen LogP contribution is 2.46. The van der Waals surface area contributed by atoms with Crippen LogP contribution in [0.4, 0.5) is 47.3 Å². The summed E-state index contributed by atoms with van der Waals surface area (Å²) >= 11 is 0. The average Bonchev–Trinajstić information content (AvgIpc) is 3.92. The normalized spacial score (nSPS) is 20.1. The lowest BCUT2D eigenvalue weighted by molar-refractivity contribution is -0.140. The Bertz CT molecular complexity index is 2620. The highest BCUT2D eigenvalue weighted by molar-refractivity contribution is 6.02. The Labute approximate surface area is 379 Å². The van der Waals surface area contributed by atoms with Gasteiger partial charge in [0.15, 0.2) is 0 Å². The summed E-state index contributed by atoms with van der Waals surface area (Å²) < 4.78 is 106. The number of methoxy groups -OCH3 is 2. The molecule has 1 aromatic heterocycles. The summed E-state index contributed by atoms with van der Waals surface area (Å²) in [6, 6.07) is 7.44. The highest BCUT2D eigenvalue weighted by atomic mass is 19.3. The van der Waals surface area contributed by atoms with Crippen molar-refractivity contribution in [2.75, 3.05) is 37.9 Å². The van der Waals surface area contributed by atoms with E-state index in [0.717, 1.165) is 31.3 Å². The predicted octanol–water partition coefficient (Wildman–Crippen LogP) is 6.64. The molecule has 0 spiro atoms. The van der Waals surface area contributed by atoms with E-state index in [0.29, 0.717) is 33.1 Å². The second-order valence-electron chi connectivity index (χ2n) is 17.3. The monoisotopic (exact) mass is 943 g/mol. The first kappa shape index (κ1) is 47.9. The number of alkyl halides is 4. The zero-order valence-corrected chi connectivity index (χ0v) is 36.9. The van der Waals surface area contributed by atoms with Crippen LogP contribution in [-0.4, -0.2) is 114 Å². The number of hydrogen-bond donors (Lipinski definition) is 4. The van der Waals surface area contributed by atoms with E-state index in [9.17, 15) is 55.1 Å². The predicted molar refractivity (Wildman–Crippen MR) is 228 cm³/mol. The molecule has 358 valence electrons. The van der Waals surface area contributed by atoms with Gasteiger partial charge in [-0.3, -0.25) is 19.2 Å². The molecular formula is C45H47F6N7O9. The second kappa shape index (κ2) is 18.4. The van der Waals surface area contributed by atoms with E-state index >= 15 is 0 Å². The molecule has 4 heterocycles. The molecule has 3 aliphatic rings. The molecule has 6 amide bonds. The summed E-state index contributed by atoms with van der Waals surface area (Å²) in [6.45, 7) is 4.17. The number of carbonyl (C=O) groups is 6. The largest absolute Gasteiger partial charge is 0.465 e. The number of alkyl carbamates (subject to hydrolysis) is 2. The van der Waals surface area contributed by atoms with Crippen molar-refractivity contribution in [1.29, 1.82) is 0 Å². The zero-order chi connectivity index (χ0) is 48.9. The third-order valence-electron chi connectivity index (χ3n) is 11.8. The number of nitrogens with zero attached hydrogens (tertiary/aromatic N) is 3. The fourth-order valence-corrected chi connectivity index (χ4v) is 8.56. The molecule has 4 N–H and O–H groups in total. The number of fused-ring (bicyclic) bond motifs is 5. The summed E-state index contributed by atoms with van der Waals surface area (Å²) in [6.07, 6.45) is -5.20. The van der Waals surface area contributed by atoms with E-state index in [1.165, 1.54) is 30.3 Å². The van der Waals surface area contributed by atoms with E-state index in [1.807, 2.05) is 0 Å². The molecule has 16 nitrogen and oxygen atoms in total. The Balaban J connectivity index is 1.19. The molecule has 3 aromatic carbocycles. The van der Waals surface area contributed by atoms with Crippen molar-refractivity contribution in [3.05, 3.63) is 77.9 Å². The summed E-state index contributed by atoms with van der Waals surface area (Å²) in [5.41, 5.74) is 1.44. The molecule has 4 aromatic rings. The molecule has 0 radical (unpaired) electrons. The van der Waals surface area contributed by atoms with Crippen LogP contribution in [0, 0.1) is 23.5 Å². The van der Waals surface area contributed by atoms with E-state index in [-0.39, 0.29) is 22.7 Å². The van der Waals surface area contributed by atoms with Gasteiger partial charge in [-0.25, -0.2) is 35.9 Å². The second-order valence-corrected chi connectivity index (χ2v) is 17.3. The molecule has 22 heteroatoms. The number of nitrogens with one attached hydrogen (secondary N) is 4. The zero-order valence-electron chi connectivity index (χ0n) is 36.9. The third-order valence-corrected chi connectivity index (χ3v) is 11.8. The lowest BCUT2D eigenvalue weighted by atomic mass is 10.0. The molecule has 7 rings (SSSR count). The molecule has 0 bridgehead atoms. The van der Waals surface area contributed by atoms with Crippen molar-refractivity contribution < 1.29 is 69.3 Å². The van der Waals surface area contributed by atoms with E-state index < -0.39 is 127 Å². The van der Waals surface area contributed by atoms with Gasteiger partial charge in [-0.15, -0.1) is 0 Å². The van der Waals surface area contributed by atoms with Crippen LogP contribution in [-0.2, 0) is 28.7 Å². The van der Waals surface area contributed by atoms with Gasteiger partial charge in [0.05, 0.1) is 38.5 Å². The lowest BCUT2D eigenvalue weighted by Crippen LogP contribution is -2.54. The molecule has 1 unspecified atom stereocenters. The molecular weight excluding hydrogens is 897 g/mol. The first-order chi connectivity index (χ1) is 31.5. The maximum Gasteiger partial charge on any atom is 0.407 e. The summed E-state index contributed by atoms with van der Waals surface area (Å²) in [4.78, 5) is 80.0. The minimum Gasteiger partial charge on any atom is -0.465 e. The minimum atomic E-state index is -3.45. The molecule has 2 saturated heterocycles.